The standard InChI is InChI=1S/C7H12N2O4/c1-2-6(11)9-4(7(12)13)3-5(8)10/h4H,2-3H2,1H3,(H2,8,10)(H,9,11)(H,12,13)/t4-/m1/s1. The second-order valence-corrected chi connectivity index (χ2v) is 2.48. The first-order valence-electron chi connectivity index (χ1n) is 3.77. The van der Waals surface area contributed by atoms with Crippen LogP contribution in [-0.4, -0.2) is 28.9 Å². The Kier molecular flexibility index (Phi) is 4.50. The zero-order valence-electron chi connectivity index (χ0n) is 7.24. The third-order valence-corrected chi connectivity index (χ3v) is 1.36. The van der Waals surface area contributed by atoms with E-state index >= 15 is 0 Å². The van der Waals surface area contributed by atoms with E-state index in [4.69, 9.17) is 10.8 Å². The van der Waals surface area contributed by atoms with E-state index in [2.05, 4.69) is 5.32 Å². The van der Waals surface area contributed by atoms with Gasteiger partial charge in [-0.2, -0.15) is 0 Å². The zero-order chi connectivity index (χ0) is 10.4. The smallest absolute Gasteiger partial charge is 0.326 e. The van der Waals surface area contributed by atoms with Gasteiger partial charge in [0.25, 0.3) is 0 Å². The van der Waals surface area contributed by atoms with Crippen molar-refractivity contribution in [2.75, 3.05) is 0 Å². The molecule has 6 heteroatoms. The predicted octanol–water partition coefficient (Wildman–Crippen LogP) is -1.16. The van der Waals surface area contributed by atoms with Gasteiger partial charge in [-0.15, -0.1) is 0 Å². The molecule has 0 spiro atoms. The van der Waals surface area contributed by atoms with Crippen LogP contribution in [0.25, 0.3) is 0 Å². The van der Waals surface area contributed by atoms with Crippen molar-refractivity contribution in [2.24, 2.45) is 5.73 Å². The largest absolute Gasteiger partial charge is 0.480 e. The number of rotatable bonds is 5. The summed E-state index contributed by atoms with van der Waals surface area (Å²) in [5.74, 6) is -2.45. The number of carbonyl (C=O) groups is 3. The lowest BCUT2D eigenvalue weighted by Crippen LogP contribution is -2.43. The summed E-state index contributed by atoms with van der Waals surface area (Å²) in [4.78, 5) is 31.6. The monoisotopic (exact) mass is 188 g/mol. The minimum atomic E-state index is -1.26. The summed E-state index contributed by atoms with van der Waals surface area (Å²) in [6, 6.07) is -1.22. The van der Waals surface area contributed by atoms with E-state index in [1.165, 1.54) is 0 Å². The van der Waals surface area contributed by atoms with Crippen molar-refractivity contribution < 1.29 is 19.5 Å². The molecule has 0 unspecified atom stereocenters. The highest BCUT2D eigenvalue weighted by molar-refractivity contribution is 5.87. The molecule has 2 amide bonds. The van der Waals surface area contributed by atoms with E-state index in [0.717, 1.165) is 0 Å². The van der Waals surface area contributed by atoms with Crippen LogP contribution in [0.1, 0.15) is 19.8 Å². The average molecular weight is 188 g/mol. The number of hydrogen-bond donors (Lipinski definition) is 3. The number of nitrogens with two attached hydrogens (primary N) is 1. The maximum atomic E-state index is 10.8. The molecule has 0 aromatic carbocycles. The van der Waals surface area contributed by atoms with Crippen LogP contribution in [0.15, 0.2) is 0 Å². The van der Waals surface area contributed by atoms with Crippen LogP contribution >= 0.6 is 0 Å². The van der Waals surface area contributed by atoms with Gasteiger partial charge in [-0.3, -0.25) is 9.59 Å². The molecule has 0 fully saturated rings. The summed E-state index contributed by atoms with van der Waals surface area (Å²) in [6.45, 7) is 1.58. The number of aliphatic carboxylic acids is 1. The first-order valence-corrected chi connectivity index (χ1v) is 3.77. The Balaban J connectivity index is 4.18. The maximum absolute atomic E-state index is 10.8. The van der Waals surface area contributed by atoms with Gasteiger partial charge in [0.1, 0.15) is 6.04 Å². The number of carbonyl (C=O) groups excluding carboxylic acids is 2. The maximum Gasteiger partial charge on any atom is 0.326 e. The van der Waals surface area contributed by atoms with Crippen LogP contribution in [0, 0.1) is 0 Å². The lowest BCUT2D eigenvalue weighted by atomic mass is 10.2. The fourth-order valence-corrected chi connectivity index (χ4v) is 0.698. The molecular formula is C7H12N2O4. The van der Waals surface area contributed by atoms with Crippen molar-refractivity contribution in [2.45, 2.75) is 25.8 Å². The highest BCUT2D eigenvalue weighted by Crippen LogP contribution is 1.92. The lowest BCUT2D eigenvalue weighted by Gasteiger charge is -2.11. The van der Waals surface area contributed by atoms with Gasteiger partial charge in [-0.1, -0.05) is 6.92 Å². The van der Waals surface area contributed by atoms with E-state index in [1.807, 2.05) is 0 Å². The Labute approximate surface area is 75.1 Å². The summed E-state index contributed by atoms with van der Waals surface area (Å²) in [7, 11) is 0. The molecule has 0 aliphatic heterocycles. The van der Waals surface area contributed by atoms with Crippen molar-refractivity contribution in [1.29, 1.82) is 0 Å². The first-order chi connectivity index (χ1) is 5.97. The van der Waals surface area contributed by atoms with Crippen molar-refractivity contribution in [3.8, 4) is 0 Å². The molecule has 0 saturated carbocycles. The van der Waals surface area contributed by atoms with Gasteiger partial charge in [0.05, 0.1) is 6.42 Å². The van der Waals surface area contributed by atoms with Crippen molar-refractivity contribution >= 4 is 17.8 Å². The molecule has 6 nitrogen and oxygen atoms in total. The second-order valence-electron chi connectivity index (χ2n) is 2.48. The quantitative estimate of drug-likeness (QED) is 0.505. The molecule has 1 atom stereocenters. The molecule has 0 aromatic heterocycles. The zero-order valence-corrected chi connectivity index (χ0v) is 7.24. The molecule has 0 aromatic rings. The summed E-state index contributed by atoms with van der Waals surface area (Å²) < 4.78 is 0. The number of nitrogens with one attached hydrogen (secondary N) is 1. The number of carboxylic acids is 1. The molecular weight excluding hydrogens is 176 g/mol. The minimum absolute atomic E-state index is 0.169. The average Bonchev–Trinajstić information content (AvgIpc) is 2.02. The third-order valence-electron chi connectivity index (χ3n) is 1.36. The highest BCUT2D eigenvalue weighted by Gasteiger charge is 2.20. The predicted molar refractivity (Wildman–Crippen MR) is 43.7 cm³/mol. The molecule has 74 valence electrons. The molecule has 0 heterocycles. The van der Waals surface area contributed by atoms with Gasteiger partial charge in [0.15, 0.2) is 0 Å². The van der Waals surface area contributed by atoms with Gasteiger partial charge < -0.3 is 16.2 Å². The van der Waals surface area contributed by atoms with Gasteiger partial charge in [-0.05, 0) is 0 Å². The van der Waals surface area contributed by atoms with Crippen molar-refractivity contribution in [1.82, 2.24) is 5.32 Å². The normalized spacial score (nSPS) is 11.8. The van der Waals surface area contributed by atoms with E-state index < -0.39 is 23.8 Å². The van der Waals surface area contributed by atoms with E-state index in [-0.39, 0.29) is 12.8 Å². The number of primary amides is 1. The van der Waals surface area contributed by atoms with E-state index in [0.29, 0.717) is 0 Å². The van der Waals surface area contributed by atoms with Gasteiger partial charge in [0.2, 0.25) is 11.8 Å². The van der Waals surface area contributed by atoms with Gasteiger partial charge >= 0.3 is 5.97 Å². The Morgan fingerprint density at radius 2 is 2.00 bits per heavy atom. The third kappa shape index (κ3) is 4.78. The summed E-state index contributed by atoms with van der Waals surface area (Å²) in [5.41, 5.74) is 4.79. The molecule has 0 aliphatic rings. The topological polar surface area (TPSA) is 109 Å². The molecule has 13 heavy (non-hydrogen) atoms. The van der Waals surface area contributed by atoms with Crippen LogP contribution in [0.4, 0.5) is 0 Å². The lowest BCUT2D eigenvalue weighted by molar-refractivity contribution is -0.143. The van der Waals surface area contributed by atoms with E-state index in [9.17, 15) is 14.4 Å². The SMILES string of the molecule is CCC(=O)N[C@H](CC(N)=O)C(=O)O. The van der Waals surface area contributed by atoms with Crippen LogP contribution in [0.2, 0.25) is 0 Å². The van der Waals surface area contributed by atoms with Crippen LogP contribution in [-0.2, 0) is 14.4 Å². The number of hydrogen-bond acceptors (Lipinski definition) is 3. The fraction of sp³-hybridized carbons (Fsp3) is 0.571. The molecule has 0 rings (SSSR count). The summed E-state index contributed by atoms with van der Waals surface area (Å²) in [6.07, 6.45) is -0.219. The summed E-state index contributed by atoms with van der Waals surface area (Å²) in [5, 5.41) is 10.7. The minimum Gasteiger partial charge on any atom is -0.480 e. The highest BCUT2D eigenvalue weighted by atomic mass is 16.4. The molecule has 0 aliphatic carbocycles. The molecule has 0 radical (unpaired) electrons. The number of amides is 2. The Bertz CT molecular complexity index is 227. The molecule has 0 bridgehead atoms. The van der Waals surface area contributed by atoms with Gasteiger partial charge in [-0.25, -0.2) is 4.79 Å². The van der Waals surface area contributed by atoms with Crippen molar-refractivity contribution in [3.05, 3.63) is 0 Å². The second kappa shape index (κ2) is 5.13. The Morgan fingerprint density at radius 1 is 1.46 bits per heavy atom. The van der Waals surface area contributed by atoms with Crippen molar-refractivity contribution in [3.63, 3.8) is 0 Å². The summed E-state index contributed by atoms with van der Waals surface area (Å²) >= 11 is 0. The van der Waals surface area contributed by atoms with Crippen LogP contribution in [0.3, 0.4) is 0 Å². The van der Waals surface area contributed by atoms with Gasteiger partial charge in [0, 0.05) is 6.42 Å². The molecule has 0 saturated heterocycles. The molecule has 4 N–H and O–H groups in total. The Morgan fingerprint density at radius 3 is 2.31 bits per heavy atom. The van der Waals surface area contributed by atoms with Crippen LogP contribution < -0.4 is 11.1 Å². The Hall–Kier alpha value is -1.59. The first kappa shape index (κ1) is 11.4. The number of carboxylic acid groups (broad SMARTS) is 1. The van der Waals surface area contributed by atoms with Crippen LogP contribution in [0.5, 0.6) is 0 Å². The fourth-order valence-electron chi connectivity index (χ4n) is 0.698. The van der Waals surface area contributed by atoms with E-state index in [1.54, 1.807) is 6.92 Å².